The second-order valence-corrected chi connectivity index (χ2v) is 16.8. The monoisotopic (exact) mass is 609 g/mol. The van der Waals surface area contributed by atoms with Gasteiger partial charge in [0.05, 0.1) is 11.6 Å². The number of nitrogens with zero attached hydrogens (tertiary/aromatic N) is 3. The molecular weight excluding hydrogens is 572 g/mol. The van der Waals surface area contributed by atoms with Gasteiger partial charge in [-0.3, -0.25) is 4.44 Å². The van der Waals surface area contributed by atoms with Gasteiger partial charge >= 0.3 is 0 Å². The van der Waals surface area contributed by atoms with Gasteiger partial charge in [0.1, 0.15) is 0 Å². The van der Waals surface area contributed by atoms with E-state index in [1.54, 1.807) is 0 Å². The maximum atomic E-state index is 2.83. The van der Waals surface area contributed by atoms with Crippen molar-refractivity contribution in [3.05, 3.63) is 157 Å². The molecule has 8 rings (SSSR count). The summed E-state index contributed by atoms with van der Waals surface area (Å²) in [6.07, 6.45) is 2.48. The lowest BCUT2D eigenvalue weighted by atomic mass is 10.1. The first-order valence-corrected chi connectivity index (χ1v) is 18.4. The maximum Gasteiger partial charge on any atom is 0.0847 e. The Hall–Kier alpha value is -3.42. The summed E-state index contributed by atoms with van der Waals surface area (Å²) in [4.78, 5) is 0. The lowest BCUT2D eigenvalue weighted by Gasteiger charge is -2.39. The largest absolute Gasteiger partial charge is 0.252 e. The van der Waals surface area contributed by atoms with Gasteiger partial charge in [-0.25, -0.2) is 10.0 Å². The highest BCUT2D eigenvalue weighted by molar-refractivity contribution is 7.79. The molecule has 44 heavy (non-hydrogen) atoms. The van der Waals surface area contributed by atoms with Crippen LogP contribution in [0.2, 0.25) is 0 Å². The Morgan fingerprint density at radius 2 is 0.932 bits per heavy atom. The molecule has 2 saturated heterocycles. The van der Waals surface area contributed by atoms with E-state index in [4.69, 9.17) is 0 Å². The molecule has 2 fully saturated rings. The summed E-state index contributed by atoms with van der Waals surface area (Å²) in [5.41, 5.74) is 2.88. The Kier molecular flexibility index (Phi) is 7.77. The fourth-order valence-corrected chi connectivity index (χ4v) is 13.9. The molecule has 0 spiro atoms. The van der Waals surface area contributed by atoms with E-state index in [-0.39, 0.29) is 0 Å². The molecule has 2 heterocycles. The van der Waals surface area contributed by atoms with Gasteiger partial charge in [-0.15, -0.1) is 0 Å². The minimum Gasteiger partial charge on any atom is -0.252 e. The van der Waals surface area contributed by atoms with E-state index < -0.39 is 16.1 Å². The zero-order chi connectivity index (χ0) is 29.5. The average Bonchev–Trinajstić information content (AvgIpc) is 3.44. The van der Waals surface area contributed by atoms with Gasteiger partial charge in [0.2, 0.25) is 0 Å². The van der Waals surface area contributed by atoms with Crippen LogP contribution in [0.3, 0.4) is 0 Å². The molecule has 0 amide bonds. The Labute approximate surface area is 263 Å². The van der Waals surface area contributed by atoms with Crippen LogP contribution in [-0.4, -0.2) is 34.6 Å². The smallest absolute Gasteiger partial charge is 0.0847 e. The summed E-state index contributed by atoms with van der Waals surface area (Å²) in [6, 6.07) is 54.6. The van der Waals surface area contributed by atoms with Crippen molar-refractivity contribution in [2.24, 2.45) is 0 Å². The van der Waals surface area contributed by atoms with Gasteiger partial charge in [-0.2, -0.15) is 0 Å². The number of hydrogen-bond acceptors (Lipinski definition) is 3. The molecule has 3 nitrogen and oxygen atoms in total. The van der Waals surface area contributed by atoms with Crippen LogP contribution >= 0.6 is 16.1 Å². The molecule has 0 radical (unpaired) electrons. The first kappa shape index (κ1) is 28.1. The van der Waals surface area contributed by atoms with Crippen LogP contribution in [0.15, 0.2) is 146 Å². The Balaban J connectivity index is 1.34. The van der Waals surface area contributed by atoms with E-state index in [0.29, 0.717) is 11.6 Å². The first-order chi connectivity index (χ1) is 21.8. The van der Waals surface area contributed by atoms with Crippen molar-refractivity contribution >= 4 is 48.3 Å². The first-order valence-electron chi connectivity index (χ1n) is 15.7. The van der Waals surface area contributed by atoms with Crippen molar-refractivity contribution in [2.75, 3.05) is 20.1 Å². The zero-order valence-corrected chi connectivity index (χ0v) is 26.9. The Morgan fingerprint density at radius 3 is 1.39 bits per heavy atom. The number of benzene rings is 6. The third-order valence-corrected chi connectivity index (χ3v) is 15.3. The molecule has 0 aliphatic carbocycles. The molecule has 2 aliphatic heterocycles. The molecule has 218 valence electrons. The molecule has 5 heteroatoms. The number of rotatable bonds is 6. The SMILES string of the molecule is CN(P(c1ccccc1)c1ccccc1)P1[C@H](c2ccc3ccccc3c2)N2CCCCN2[C@H]1c1ccc2ccccc2c1. The molecule has 0 N–H and O–H groups in total. The van der Waals surface area contributed by atoms with Crippen molar-refractivity contribution in [3.8, 4) is 0 Å². The van der Waals surface area contributed by atoms with Crippen molar-refractivity contribution in [2.45, 2.75) is 24.4 Å². The summed E-state index contributed by atoms with van der Waals surface area (Å²) in [5.74, 6) is 0.600. The molecule has 2 aliphatic rings. The van der Waals surface area contributed by atoms with E-state index in [2.05, 4.69) is 167 Å². The third kappa shape index (κ3) is 5.08. The van der Waals surface area contributed by atoms with E-state index in [0.717, 1.165) is 13.1 Å². The highest BCUT2D eigenvalue weighted by Crippen LogP contribution is 2.75. The molecule has 2 atom stereocenters. The molecule has 6 aromatic rings. The Morgan fingerprint density at radius 1 is 0.523 bits per heavy atom. The van der Waals surface area contributed by atoms with Crippen LogP contribution < -0.4 is 10.6 Å². The van der Waals surface area contributed by atoms with E-state index in [1.807, 2.05) is 0 Å². The highest BCUT2D eigenvalue weighted by atomic mass is 31.2. The second-order valence-electron chi connectivity index (χ2n) is 11.8. The van der Waals surface area contributed by atoms with Crippen LogP contribution in [0, 0.1) is 0 Å². The topological polar surface area (TPSA) is 9.72 Å². The maximum absolute atomic E-state index is 2.83. The molecule has 6 aromatic carbocycles. The fraction of sp³-hybridized carbons (Fsp3) is 0.179. The standard InChI is InChI=1S/C39H37N3P2/c1-40(43(36-18-4-2-5-19-36)37-20-6-3-7-21-37)44-38(34-24-22-30-14-8-10-16-32(30)28-34)41-26-12-13-27-42(41)39(44)35-25-23-31-15-9-11-17-33(31)29-35/h2-11,14-25,28-29,38-39H,12-13,26-27H2,1H3/t38-,39-/m1/s1. The molecule has 0 aromatic heterocycles. The van der Waals surface area contributed by atoms with Gasteiger partial charge in [0, 0.05) is 29.2 Å². The average molecular weight is 610 g/mol. The van der Waals surface area contributed by atoms with Gasteiger partial charge in [-0.05, 0) is 75.3 Å². The normalized spacial score (nSPS) is 19.7. The summed E-state index contributed by atoms with van der Waals surface area (Å²) < 4.78 is 2.83. The van der Waals surface area contributed by atoms with Crippen molar-refractivity contribution in [1.82, 2.24) is 14.5 Å². The van der Waals surface area contributed by atoms with Gasteiger partial charge in [-0.1, -0.05) is 133 Å². The Bertz CT molecular complexity index is 1760. The highest BCUT2D eigenvalue weighted by Gasteiger charge is 2.52. The lowest BCUT2D eigenvalue weighted by Crippen LogP contribution is -2.43. The van der Waals surface area contributed by atoms with Crippen LogP contribution in [0.4, 0.5) is 0 Å². The van der Waals surface area contributed by atoms with Crippen molar-refractivity contribution in [3.63, 3.8) is 0 Å². The third-order valence-electron chi connectivity index (χ3n) is 9.19. The van der Waals surface area contributed by atoms with Crippen molar-refractivity contribution < 1.29 is 0 Å². The predicted molar refractivity (Wildman–Crippen MR) is 190 cm³/mol. The molecule has 0 bridgehead atoms. The minimum absolute atomic E-state index is 0.300. The summed E-state index contributed by atoms with van der Waals surface area (Å²) in [7, 11) is 0.965. The minimum atomic E-state index is -0.745. The van der Waals surface area contributed by atoms with Crippen LogP contribution in [0.5, 0.6) is 0 Å². The van der Waals surface area contributed by atoms with Crippen LogP contribution in [0.1, 0.15) is 35.5 Å². The van der Waals surface area contributed by atoms with Gasteiger partial charge in [0.25, 0.3) is 0 Å². The van der Waals surface area contributed by atoms with E-state index in [1.165, 1.54) is 56.1 Å². The van der Waals surface area contributed by atoms with Crippen molar-refractivity contribution in [1.29, 1.82) is 0 Å². The lowest BCUT2D eigenvalue weighted by molar-refractivity contribution is -0.0530. The van der Waals surface area contributed by atoms with E-state index in [9.17, 15) is 0 Å². The fourth-order valence-electron chi connectivity index (χ4n) is 7.16. The zero-order valence-electron chi connectivity index (χ0n) is 25.1. The summed E-state index contributed by atoms with van der Waals surface area (Å²) >= 11 is 0. The number of hydrogen-bond donors (Lipinski definition) is 0. The summed E-state index contributed by atoms with van der Waals surface area (Å²) in [6.45, 7) is 2.20. The molecule has 0 unspecified atom stereocenters. The summed E-state index contributed by atoms with van der Waals surface area (Å²) in [5, 5.41) is 13.6. The quantitative estimate of drug-likeness (QED) is 0.174. The van der Waals surface area contributed by atoms with Crippen LogP contribution in [-0.2, 0) is 0 Å². The van der Waals surface area contributed by atoms with Gasteiger partial charge < -0.3 is 0 Å². The van der Waals surface area contributed by atoms with Crippen LogP contribution in [0.25, 0.3) is 21.5 Å². The number of fused-ring (bicyclic) bond motifs is 3. The molecular formula is C39H37N3P2. The predicted octanol–water partition coefficient (Wildman–Crippen LogP) is 9.39. The van der Waals surface area contributed by atoms with Gasteiger partial charge in [0.15, 0.2) is 0 Å². The second kappa shape index (κ2) is 12.2. The molecule has 0 saturated carbocycles. The van der Waals surface area contributed by atoms with E-state index >= 15 is 0 Å². The number of hydrazine groups is 1.